The topological polar surface area (TPSA) is 52.1 Å². The smallest absolute Gasteiger partial charge is 0.161 e. The van der Waals surface area contributed by atoms with Gasteiger partial charge in [-0.2, -0.15) is 0 Å². The molecule has 4 bridgehead atoms. The summed E-state index contributed by atoms with van der Waals surface area (Å²) >= 11 is 0. The van der Waals surface area contributed by atoms with E-state index in [-0.39, 0.29) is 5.41 Å². The lowest BCUT2D eigenvalue weighted by molar-refractivity contribution is -0.0399. The van der Waals surface area contributed by atoms with Crippen LogP contribution in [0.4, 0.5) is 0 Å². The Morgan fingerprint density at radius 1 is 0.481 bits per heavy atom. The van der Waals surface area contributed by atoms with Crippen LogP contribution < -0.4 is 0 Å². The summed E-state index contributed by atoms with van der Waals surface area (Å²) in [6.07, 6.45) is 6.71. The van der Waals surface area contributed by atoms with Gasteiger partial charge in [0.2, 0.25) is 0 Å². The zero-order valence-corrected chi connectivity index (χ0v) is 29.8. The van der Waals surface area contributed by atoms with Gasteiger partial charge in [0.25, 0.3) is 0 Å². The number of para-hydroxylation sites is 2. The van der Waals surface area contributed by atoms with Crippen LogP contribution >= 0.6 is 0 Å². The minimum atomic E-state index is -0.0204. The molecule has 258 valence electrons. The Bertz CT molecular complexity index is 3000. The second-order valence-electron chi connectivity index (χ2n) is 16.5. The summed E-state index contributed by atoms with van der Waals surface area (Å²) in [6, 6.07) is 47.7. The molecule has 3 heterocycles. The van der Waals surface area contributed by atoms with Gasteiger partial charge in [0.15, 0.2) is 5.82 Å². The predicted octanol–water partition coefficient (Wildman–Crippen LogP) is 13.0. The van der Waals surface area contributed by atoms with Crippen LogP contribution in [0.3, 0.4) is 0 Å². The van der Waals surface area contributed by atoms with E-state index in [0.29, 0.717) is 11.8 Å². The highest BCUT2D eigenvalue weighted by Gasteiger charge is 2.62. The van der Waals surface area contributed by atoms with Gasteiger partial charge in [0, 0.05) is 49.2 Å². The van der Waals surface area contributed by atoms with E-state index < -0.39 is 0 Å². The average Bonchev–Trinajstić information content (AvgIpc) is 3.88. The number of benzene rings is 6. The second-order valence-corrected chi connectivity index (χ2v) is 16.5. The van der Waals surface area contributed by atoms with Gasteiger partial charge in [-0.1, -0.05) is 97.1 Å². The Labute approximate surface area is 312 Å². The molecule has 9 aromatic rings. The van der Waals surface area contributed by atoms with Crippen LogP contribution in [0.25, 0.3) is 88.9 Å². The number of nitrogens with zero attached hydrogens (tertiary/aromatic N) is 2. The number of hydrogen-bond acceptors (Lipinski definition) is 4. The predicted molar refractivity (Wildman–Crippen MR) is 216 cm³/mol. The van der Waals surface area contributed by atoms with Crippen molar-refractivity contribution in [1.82, 2.24) is 9.97 Å². The Morgan fingerprint density at radius 3 is 1.93 bits per heavy atom. The maximum Gasteiger partial charge on any atom is 0.161 e. The number of hydrogen-bond donors (Lipinski definition) is 0. The Hall–Kier alpha value is -6.00. The first-order chi connectivity index (χ1) is 26.7. The van der Waals surface area contributed by atoms with E-state index in [2.05, 4.69) is 121 Å². The number of rotatable bonds is 3. The van der Waals surface area contributed by atoms with Crippen molar-refractivity contribution >= 4 is 43.9 Å². The van der Waals surface area contributed by atoms with Gasteiger partial charge in [-0.3, -0.25) is 0 Å². The standard InChI is InChI=1S/C50H36N2O2/c1-2-10-30(11-3-1)41-27-42(31-18-19-35-34-12-5-8-16-43(34)53-45(35)25-31)52-49(51-41)38-26-40-47(48-46(38)37-14-6-9-17-44(37)54-48)36-13-4-7-15-39(36)50(40)32-21-28-20-29(23-32)24-33(50)22-28/h1-19,25-29,32-33H,20-24H2. The molecule has 5 aliphatic carbocycles. The van der Waals surface area contributed by atoms with E-state index in [9.17, 15) is 0 Å². The summed E-state index contributed by atoms with van der Waals surface area (Å²) in [5.74, 6) is 3.72. The molecular formula is C50H36N2O2. The van der Waals surface area contributed by atoms with Crippen LogP contribution in [-0.4, -0.2) is 9.97 Å². The van der Waals surface area contributed by atoms with Crippen LogP contribution in [0.15, 0.2) is 142 Å². The van der Waals surface area contributed by atoms with E-state index in [1.165, 1.54) is 54.4 Å². The minimum Gasteiger partial charge on any atom is -0.456 e. The molecular weight excluding hydrogens is 661 g/mol. The number of fused-ring (bicyclic) bond motifs is 10. The lowest BCUT2D eigenvalue weighted by Gasteiger charge is -2.61. The molecule has 0 N–H and O–H groups in total. The lowest BCUT2D eigenvalue weighted by Crippen LogP contribution is -2.55. The van der Waals surface area contributed by atoms with Crippen molar-refractivity contribution < 1.29 is 8.83 Å². The van der Waals surface area contributed by atoms with Crippen LogP contribution in [0.5, 0.6) is 0 Å². The van der Waals surface area contributed by atoms with E-state index in [0.717, 1.165) is 89.6 Å². The maximum absolute atomic E-state index is 7.04. The van der Waals surface area contributed by atoms with Crippen LogP contribution in [0.2, 0.25) is 0 Å². The lowest BCUT2D eigenvalue weighted by atomic mass is 9.43. The van der Waals surface area contributed by atoms with E-state index in [1.807, 2.05) is 12.1 Å². The van der Waals surface area contributed by atoms with Crippen molar-refractivity contribution in [2.45, 2.75) is 37.5 Å². The fourth-order valence-corrected chi connectivity index (χ4v) is 12.0. The fraction of sp³-hybridized carbons (Fsp3) is 0.200. The van der Waals surface area contributed by atoms with Gasteiger partial charge in [0.1, 0.15) is 22.3 Å². The first kappa shape index (κ1) is 29.5. The maximum atomic E-state index is 7.04. The Balaban J connectivity index is 1.12. The Morgan fingerprint density at radius 2 is 1.13 bits per heavy atom. The highest BCUT2D eigenvalue weighted by atomic mass is 16.3. The molecule has 54 heavy (non-hydrogen) atoms. The second kappa shape index (κ2) is 10.6. The first-order valence-electron chi connectivity index (χ1n) is 19.7. The molecule has 0 saturated heterocycles. The highest BCUT2D eigenvalue weighted by Crippen LogP contribution is 2.70. The molecule has 0 atom stereocenters. The molecule has 0 radical (unpaired) electrons. The quantitative estimate of drug-likeness (QED) is 0.184. The van der Waals surface area contributed by atoms with E-state index in [4.69, 9.17) is 18.8 Å². The molecule has 6 aromatic carbocycles. The summed E-state index contributed by atoms with van der Waals surface area (Å²) in [6.45, 7) is 0. The molecule has 14 rings (SSSR count). The zero-order chi connectivity index (χ0) is 35.1. The molecule has 4 fully saturated rings. The van der Waals surface area contributed by atoms with Gasteiger partial charge >= 0.3 is 0 Å². The molecule has 0 aliphatic heterocycles. The molecule has 3 aromatic heterocycles. The highest BCUT2D eigenvalue weighted by molar-refractivity contribution is 6.18. The van der Waals surface area contributed by atoms with Gasteiger partial charge in [-0.15, -0.1) is 0 Å². The van der Waals surface area contributed by atoms with E-state index >= 15 is 0 Å². The van der Waals surface area contributed by atoms with Gasteiger partial charge in [-0.05, 0) is 109 Å². The van der Waals surface area contributed by atoms with Crippen molar-refractivity contribution in [3.63, 3.8) is 0 Å². The molecule has 5 aliphatic rings. The summed E-state index contributed by atoms with van der Waals surface area (Å²) in [4.78, 5) is 11.0. The molecule has 0 unspecified atom stereocenters. The van der Waals surface area contributed by atoms with Gasteiger partial charge in [0.05, 0.1) is 11.4 Å². The monoisotopic (exact) mass is 696 g/mol. The van der Waals surface area contributed by atoms with Crippen molar-refractivity contribution in [3.05, 3.63) is 145 Å². The van der Waals surface area contributed by atoms with Crippen molar-refractivity contribution in [2.24, 2.45) is 23.7 Å². The largest absolute Gasteiger partial charge is 0.456 e. The third-order valence-electron chi connectivity index (χ3n) is 13.9. The van der Waals surface area contributed by atoms with Gasteiger partial charge in [-0.25, -0.2) is 9.97 Å². The molecule has 0 amide bonds. The van der Waals surface area contributed by atoms with Gasteiger partial charge < -0.3 is 8.83 Å². The van der Waals surface area contributed by atoms with E-state index in [1.54, 1.807) is 0 Å². The molecule has 4 saturated carbocycles. The third kappa shape index (κ3) is 3.83. The van der Waals surface area contributed by atoms with Crippen LogP contribution in [0.1, 0.15) is 43.2 Å². The average molecular weight is 697 g/mol. The van der Waals surface area contributed by atoms with Crippen LogP contribution in [-0.2, 0) is 5.41 Å². The zero-order valence-electron chi connectivity index (χ0n) is 29.8. The van der Waals surface area contributed by atoms with Crippen molar-refractivity contribution in [2.75, 3.05) is 0 Å². The van der Waals surface area contributed by atoms with Crippen molar-refractivity contribution in [3.8, 4) is 45.0 Å². The minimum absolute atomic E-state index is 0.0204. The molecule has 4 nitrogen and oxygen atoms in total. The summed E-state index contributed by atoms with van der Waals surface area (Å²) < 4.78 is 13.4. The third-order valence-corrected chi connectivity index (χ3v) is 13.9. The summed E-state index contributed by atoms with van der Waals surface area (Å²) in [5, 5.41) is 4.44. The summed E-state index contributed by atoms with van der Waals surface area (Å²) in [5.41, 5.74) is 14.1. The van der Waals surface area contributed by atoms with Crippen molar-refractivity contribution in [1.29, 1.82) is 0 Å². The first-order valence-corrected chi connectivity index (χ1v) is 19.7. The number of furan rings is 2. The molecule has 4 heteroatoms. The van der Waals surface area contributed by atoms with Crippen LogP contribution in [0, 0.1) is 23.7 Å². The SMILES string of the molecule is c1ccc(-c2cc(-c3ccc4c(c3)oc3ccccc34)nc(-c3cc4c(c5oc6ccccc6c35)-c3ccccc3C43C4CC5CC(C4)CC3C5)n2)cc1. The number of aromatic nitrogens is 2. The Kier molecular flexibility index (Phi) is 5.77. The normalized spacial score (nSPS) is 23.6. The molecule has 1 spiro atoms. The fourth-order valence-electron chi connectivity index (χ4n) is 12.0. The summed E-state index contributed by atoms with van der Waals surface area (Å²) in [7, 11) is 0.